The second kappa shape index (κ2) is 7.96. The molecular formula is C23H20N2O3. The SMILES string of the molecule is CC(NC(=O)c1ccc(COc2ccc3ccccc3c2)o1)c1ccncc1. The Labute approximate surface area is 163 Å². The van der Waals surface area contributed by atoms with E-state index in [2.05, 4.69) is 16.4 Å². The van der Waals surface area contributed by atoms with Crippen LogP contribution in [0.5, 0.6) is 5.75 Å². The van der Waals surface area contributed by atoms with E-state index >= 15 is 0 Å². The Hall–Kier alpha value is -3.60. The van der Waals surface area contributed by atoms with Crippen molar-refractivity contribution in [1.82, 2.24) is 10.3 Å². The molecule has 1 unspecified atom stereocenters. The summed E-state index contributed by atoms with van der Waals surface area (Å²) in [4.78, 5) is 16.4. The van der Waals surface area contributed by atoms with Gasteiger partial charge in [-0.3, -0.25) is 9.78 Å². The van der Waals surface area contributed by atoms with Gasteiger partial charge < -0.3 is 14.5 Å². The van der Waals surface area contributed by atoms with E-state index in [0.717, 1.165) is 22.1 Å². The zero-order valence-corrected chi connectivity index (χ0v) is 15.5. The Balaban J connectivity index is 1.37. The summed E-state index contributed by atoms with van der Waals surface area (Å²) in [5.41, 5.74) is 0.981. The van der Waals surface area contributed by atoms with Crippen LogP contribution in [-0.2, 0) is 6.61 Å². The largest absolute Gasteiger partial charge is 0.486 e. The maximum absolute atomic E-state index is 12.4. The lowest BCUT2D eigenvalue weighted by molar-refractivity contribution is 0.0907. The first-order chi connectivity index (χ1) is 13.7. The Morgan fingerprint density at radius 1 is 1.04 bits per heavy atom. The summed E-state index contributed by atoms with van der Waals surface area (Å²) in [6, 6.07) is 21.1. The Bertz CT molecular complexity index is 1090. The van der Waals surface area contributed by atoms with E-state index in [1.807, 2.05) is 55.5 Å². The molecule has 0 radical (unpaired) electrons. The van der Waals surface area contributed by atoms with E-state index < -0.39 is 0 Å². The van der Waals surface area contributed by atoms with E-state index in [9.17, 15) is 4.79 Å². The summed E-state index contributed by atoms with van der Waals surface area (Å²) < 4.78 is 11.5. The molecule has 0 saturated carbocycles. The first kappa shape index (κ1) is 17.8. The third-order valence-corrected chi connectivity index (χ3v) is 4.54. The van der Waals surface area contributed by atoms with E-state index in [1.54, 1.807) is 24.5 Å². The number of pyridine rings is 1. The van der Waals surface area contributed by atoms with E-state index in [-0.39, 0.29) is 24.3 Å². The predicted molar refractivity (Wildman–Crippen MR) is 107 cm³/mol. The van der Waals surface area contributed by atoms with Gasteiger partial charge in [-0.25, -0.2) is 0 Å². The number of rotatable bonds is 6. The van der Waals surface area contributed by atoms with Crippen molar-refractivity contribution in [3.05, 3.63) is 96.2 Å². The first-order valence-electron chi connectivity index (χ1n) is 9.10. The number of aromatic nitrogens is 1. The number of benzene rings is 2. The Morgan fingerprint density at radius 3 is 2.64 bits per heavy atom. The maximum Gasteiger partial charge on any atom is 0.287 e. The van der Waals surface area contributed by atoms with Crippen molar-refractivity contribution in [1.29, 1.82) is 0 Å². The molecule has 4 rings (SSSR count). The van der Waals surface area contributed by atoms with Crippen molar-refractivity contribution in [2.24, 2.45) is 0 Å². The standard InChI is InChI=1S/C23H20N2O3/c1-16(17-10-12-24-13-11-17)25-23(26)22-9-8-21(28-22)15-27-20-7-6-18-4-2-3-5-19(18)14-20/h2-14,16H,15H2,1H3,(H,25,26). The Morgan fingerprint density at radius 2 is 1.82 bits per heavy atom. The molecule has 2 aromatic carbocycles. The van der Waals surface area contributed by atoms with Crippen molar-refractivity contribution in [2.45, 2.75) is 19.6 Å². The molecule has 0 aliphatic carbocycles. The van der Waals surface area contributed by atoms with Crippen LogP contribution in [0.3, 0.4) is 0 Å². The van der Waals surface area contributed by atoms with Gasteiger partial charge in [0.15, 0.2) is 5.76 Å². The van der Waals surface area contributed by atoms with Gasteiger partial charge in [-0.15, -0.1) is 0 Å². The lowest BCUT2D eigenvalue weighted by atomic mass is 10.1. The van der Waals surface area contributed by atoms with Gasteiger partial charge in [0, 0.05) is 12.4 Å². The fourth-order valence-electron chi connectivity index (χ4n) is 2.99. The van der Waals surface area contributed by atoms with Crippen LogP contribution < -0.4 is 10.1 Å². The summed E-state index contributed by atoms with van der Waals surface area (Å²) in [7, 11) is 0. The summed E-state index contributed by atoms with van der Waals surface area (Å²) >= 11 is 0. The van der Waals surface area contributed by atoms with Gasteiger partial charge in [-0.1, -0.05) is 30.3 Å². The summed E-state index contributed by atoms with van der Waals surface area (Å²) in [6.45, 7) is 2.17. The molecule has 2 aromatic heterocycles. The number of nitrogens with zero attached hydrogens (tertiary/aromatic N) is 1. The second-order valence-corrected chi connectivity index (χ2v) is 6.54. The van der Waals surface area contributed by atoms with E-state index in [1.165, 1.54) is 0 Å². The number of ether oxygens (including phenoxy) is 1. The number of hydrogen-bond acceptors (Lipinski definition) is 4. The van der Waals surface area contributed by atoms with Crippen LogP contribution in [0.25, 0.3) is 10.8 Å². The quantitative estimate of drug-likeness (QED) is 0.523. The molecule has 0 spiro atoms. The van der Waals surface area contributed by atoms with Gasteiger partial charge in [0.05, 0.1) is 6.04 Å². The summed E-state index contributed by atoms with van der Waals surface area (Å²) in [5.74, 6) is 1.35. The van der Waals surface area contributed by atoms with E-state index in [0.29, 0.717) is 5.76 Å². The maximum atomic E-state index is 12.4. The van der Waals surface area contributed by atoms with Crippen molar-refractivity contribution in [2.75, 3.05) is 0 Å². The van der Waals surface area contributed by atoms with Crippen molar-refractivity contribution in [3.8, 4) is 5.75 Å². The molecule has 5 nitrogen and oxygen atoms in total. The first-order valence-corrected chi connectivity index (χ1v) is 9.10. The summed E-state index contributed by atoms with van der Waals surface area (Å²) in [6.07, 6.45) is 3.40. The van der Waals surface area contributed by atoms with Gasteiger partial charge in [0.1, 0.15) is 18.1 Å². The molecule has 1 atom stereocenters. The molecule has 1 N–H and O–H groups in total. The molecular weight excluding hydrogens is 352 g/mol. The van der Waals surface area contributed by atoms with E-state index in [4.69, 9.17) is 9.15 Å². The monoisotopic (exact) mass is 372 g/mol. The number of amides is 1. The number of carbonyl (C=O) groups is 1. The number of fused-ring (bicyclic) bond motifs is 1. The Kier molecular flexibility index (Phi) is 5.06. The molecule has 0 saturated heterocycles. The smallest absolute Gasteiger partial charge is 0.287 e. The number of nitrogens with one attached hydrogen (secondary N) is 1. The van der Waals surface area contributed by atoms with Crippen LogP contribution in [0.4, 0.5) is 0 Å². The number of hydrogen-bond donors (Lipinski definition) is 1. The van der Waals surface area contributed by atoms with Crippen LogP contribution in [-0.4, -0.2) is 10.9 Å². The average molecular weight is 372 g/mol. The van der Waals surface area contributed by atoms with Gasteiger partial charge in [0.25, 0.3) is 5.91 Å². The molecule has 2 heterocycles. The highest BCUT2D eigenvalue weighted by Gasteiger charge is 2.15. The third-order valence-electron chi connectivity index (χ3n) is 4.54. The lowest BCUT2D eigenvalue weighted by Crippen LogP contribution is -2.26. The minimum absolute atomic E-state index is 0.141. The van der Waals surface area contributed by atoms with Crippen LogP contribution in [0.1, 0.15) is 34.8 Å². The molecule has 0 aliphatic heterocycles. The highest BCUT2D eigenvalue weighted by atomic mass is 16.5. The lowest BCUT2D eigenvalue weighted by Gasteiger charge is -2.12. The van der Waals surface area contributed by atoms with Crippen LogP contribution >= 0.6 is 0 Å². The molecule has 4 aromatic rings. The number of carbonyl (C=O) groups excluding carboxylic acids is 1. The third kappa shape index (κ3) is 4.04. The predicted octanol–water partition coefficient (Wildman–Crippen LogP) is 4.90. The molecule has 28 heavy (non-hydrogen) atoms. The number of furan rings is 1. The van der Waals surface area contributed by atoms with Crippen molar-refractivity contribution in [3.63, 3.8) is 0 Å². The molecule has 0 bridgehead atoms. The molecule has 0 aliphatic rings. The van der Waals surface area contributed by atoms with Gasteiger partial charge in [-0.05, 0) is 59.7 Å². The molecule has 140 valence electrons. The highest BCUT2D eigenvalue weighted by Crippen LogP contribution is 2.22. The average Bonchev–Trinajstić information content (AvgIpc) is 3.22. The highest BCUT2D eigenvalue weighted by molar-refractivity contribution is 5.91. The van der Waals surface area contributed by atoms with Crippen LogP contribution in [0.15, 0.2) is 83.5 Å². The fraction of sp³-hybridized carbons (Fsp3) is 0.130. The minimum Gasteiger partial charge on any atom is -0.486 e. The van der Waals surface area contributed by atoms with Crippen LogP contribution in [0.2, 0.25) is 0 Å². The van der Waals surface area contributed by atoms with Gasteiger partial charge >= 0.3 is 0 Å². The molecule has 0 fully saturated rings. The molecule has 1 amide bonds. The van der Waals surface area contributed by atoms with Crippen molar-refractivity contribution >= 4 is 16.7 Å². The molecule has 5 heteroatoms. The minimum atomic E-state index is -0.263. The topological polar surface area (TPSA) is 64.4 Å². The van der Waals surface area contributed by atoms with Gasteiger partial charge in [0.2, 0.25) is 0 Å². The summed E-state index contributed by atoms with van der Waals surface area (Å²) in [5, 5.41) is 5.20. The van der Waals surface area contributed by atoms with Crippen LogP contribution in [0, 0.1) is 0 Å². The zero-order chi connectivity index (χ0) is 19.3. The second-order valence-electron chi connectivity index (χ2n) is 6.54. The zero-order valence-electron chi connectivity index (χ0n) is 15.5. The van der Waals surface area contributed by atoms with Crippen molar-refractivity contribution < 1.29 is 13.9 Å². The fourth-order valence-corrected chi connectivity index (χ4v) is 2.99. The normalized spacial score (nSPS) is 11.9. The van der Waals surface area contributed by atoms with Gasteiger partial charge in [-0.2, -0.15) is 0 Å².